The van der Waals surface area contributed by atoms with Crippen LogP contribution >= 0.6 is 11.6 Å². The van der Waals surface area contributed by atoms with E-state index in [1.165, 1.54) is 12.1 Å². The molecular formula is C12H12ClFO2. The van der Waals surface area contributed by atoms with Crippen LogP contribution in [0.2, 0.25) is 5.02 Å². The van der Waals surface area contributed by atoms with Gasteiger partial charge in [0.05, 0.1) is 10.9 Å². The number of rotatable bonds is 4. The third-order valence-electron chi connectivity index (χ3n) is 2.95. The molecule has 1 saturated carbocycles. The van der Waals surface area contributed by atoms with Gasteiger partial charge >= 0.3 is 5.97 Å². The van der Waals surface area contributed by atoms with E-state index in [9.17, 15) is 9.18 Å². The van der Waals surface area contributed by atoms with Crippen LogP contribution in [0.25, 0.3) is 0 Å². The van der Waals surface area contributed by atoms with Crippen molar-refractivity contribution in [3.8, 4) is 0 Å². The van der Waals surface area contributed by atoms with Gasteiger partial charge in [-0.1, -0.05) is 17.7 Å². The average molecular weight is 243 g/mol. The lowest BCUT2D eigenvalue weighted by Crippen LogP contribution is -2.18. The van der Waals surface area contributed by atoms with Gasteiger partial charge in [0.25, 0.3) is 0 Å². The second kappa shape index (κ2) is 4.42. The van der Waals surface area contributed by atoms with E-state index in [-0.39, 0.29) is 16.9 Å². The van der Waals surface area contributed by atoms with Gasteiger partial charge in [-0.15, -0.1) is 0 Å². The predicted molar refractivity (Wildman–Crippen MR) is 59.0 cm³/mol. The first kappa shape index (κ1) is 11.4. The smallest absolute Gasteiger partial charge is 0.307 e. The largest absolute Gasteiger partial charge is 0.481 e. The summed E-state index contributed by atoms with van der Waals surface area (Å²) in [7, 11) is 0. The summed E-state index contributed by atoms with van der Waals surface area (Å²) in [6.45, 7) is 0. The number of carboxylic acid groups (broad SMARTS) is 1. The van der Waals surface area contributed by atoms with Crippen molar-refractivity contribution >= 4 is 17.6 Å². The van der Waals surface area contributed by atoms with Crippen LogP contribution < -0.4 is 0 Å². The van der Waals surface area contributed by atoms with Gasteiger partial charge in [-0.25, -0.2) is 4.39 Å². The Hall–Kier alpha value is -1.09. The summed E-state index contributed by atoms with van der Waals surface area (Å²) in [5, 5.41) is 9.12. The zero-order chi connectivity index (χ0) is 11.7. The fourth-order valence-electron chi connectivity index (χ4n) is 1.87. The molecule has 1 aliphatic rings. The molecule has 0 aromatic heterocycles. The Morgan fingerprint density at radius 1 is 1.56 bits per heavy atom. The maximum Gasteiger partial charge on any atom is 0.307 e. The fraction of sp³-hybridized carbons (Fsp3) is 0.417. The van der Waals surface area contributed by atoms with Crippen LogP contribution in [0.15, 0.2) is 18.2 Å². The summed E-state index contributed by atoms with van der Waals surface area (Å²) in [5.41, 5.74) is 0.696. The van der Waals surface area contributed by atoms with Gasteiger partial charge < -0.3 is 5.11 Å². The lowest BCUT2D eigenvalue weighted by molar-refractivity contribution is -0.142. The van der Waals surface area contributed by atoms with Crippen molar-refractivity contribution in [3.63, 3.8) is 0 Å². The van der Waals surface area contributed by atoms with Crippen molar-refractivity contribution in [2.75, 3.05) is 0 Å². The molecule has 1 unspecified atom stereocenters. The predicted octanol–water partition coefficient (Wildman–Crippen LogP) is 3.13. The Kier molecular flexibility index (Phi) is 3.15. The van der Waals surface area contributed by atoms with Crippen LogP contribution in [0, 0.1) is 17.7 Å². The van der Waals surface area contributed by atoms with Gasteiger partial charge in [-0.3, -0.25) is 4.79 Å². The Bertz CT molecular complexity index is 415. The average Bonchev–Trinajstić information content (AvgIpc) is 3.03. The molecule has 4 heteroatoms. The fourth-order valence-corrected chi connectivity index (χ4v) is 1.99. The van der Waals surface area contributed by atoms with E-state index in [0.717, 1.165) is 12.8 Å². The molecule has 1 aliphatic carbocycles. The molecule has 16 heavy (non-hydrogen) atoms. The van der Waals surface area contributed by atoms with Crippen LogP contribution in [0.1, 0.15) is 18.4 Å². The molecule has 0 saturated heterocycles. The first-order valence-electron chi connectivity index (χ1n) is 5.24. The minimum Gasteiger partial charge on any atom is -0.481 e. The minimum absolute atomic E-state index is 0.0713. The lowest BCUT2D eigenvalue weighted by Gasteiger charge is -2.11. The number of carbonyl (C=O) groups is 1. The Labute approximate surface area is 98.0 Å². The van der Waals surface area contributed by atoms with Crippen molar-refractivity contribution in [2.24, 2.45) is 11.8 Å². The van der Waals surface area contributed by atoms with Crippen LogP contribution in [0.3, 0.4) is 0 Å². The molecule has 1 fully saturated rings. The molecular weight excluding hydrogens is 231 g/mol. The monoisotopic (exact) mass is 242 g/mol. The molecule has 2 rings (SSSR count). The highest BCUT2D eigenvalue weighted by atomic mass is 35.5. The summed E-state index contributed by atoms with van der Waals surface area (Å²) >= 11 is 5.56. The molecule has 0 bridgehead atoms. The maximum absolute atomic E-state index is 13.2. The Morgan fingerprint density at radius 2 is 2.25 bits per heavy atom. The lowest BCUT2D eigenvalue weighted by atomic mass is 9.95. The molecule has 1 aromatic rings. The van der Waals surface area contributed by atoms with Gasteiger partial charge in [-0.05, 0) is 42.9 Å². The van der Waals surface area contributed by atoms with Crippen molar-refractivity contribution in [3.05, 3.63) is 34.6 Å². The van der Waals surface area contributed by atoms with Crippen LogP contribution in [-0.4, -0.2) is 11.1 Å². The summed E-state index contributed by atoms with van der Waals surface area (Å²) < 4.78 is 13.2. The summed E-state index contributed by atoms with van der Waals surface area (Å²) in [6.07, 6.45) is 2.31. The Balaban J connectivity index is 2.12. The topological polar surface area (TPSA) is 37.3 Å². The number of benzene rings is 1. The van der Waals surface area contributed by atoms with Gasteiger partial charge in [0.2, 0.25) is 0 Å². The van der Waals surface area contributed by atoms with Gasteiger partial charge in [0.1, 0.15) is 5.82 Å². The van der Waals surface area contributed by atoms with Gasteiger partial charge in [-0.2, -0.15) is 0 Å². The third-order valence-corrected chi connectivity index (χ3v) is 3.25. The summed E-state index contributed by atoms with van der Waals surface area (Å²) in [6, 6.07) is 4.47. The number of aliphatic carboxylic acids is 1. The quantitative estimate of drug-likeness (QED) is 0.881. The number of hydrogen-bond acceptors (Lipinski definition) is 1. The SMILES string of the molecule is O=C(O)C(Cc1ccc(Cl)c(F)c1)C1CC1. The number of carboxylic acids is 1. The molecule has 86 valence electrons. The maximum atomic E-state index is 13.2. The van der Waals surface area contributed by atoms with E-state index in [1.807, 2.05) is 0 Å². The molecule has 2 nitrogen and oxygen atoms in total. The van der Waals surface area contributed by atoms with Crippen molar-refractivity contribution < 1.29 is 14.3 Å². The Morgan fingerprint density at radius 3 is 2.75 bits per heavy atom. The molecule has 0 amide bonds. The van der Waals surface area contributed by atoms with Gasteiger partial charge in [0, 0.05) is 0 Å². The van der Waals surface area contributed by atoms with Crippen LogP contribution in [0.4, 0.5) is 4.39 Å². The second-order valence-corrected chi connectivity index (χ2v) is 4.64. The molecule has 0 spiro atoms. The van der Waals surface area contributed by atoms with Crippen molar-refractivity contribution in [2.45, 2.75) is 19.3 Å². The van der Waals surface area contributed by atoms with Crippen molar-refractivity contribution in [1.82, 2.24) is 0 Å². The molecule has 0 heterocycles. The zero-order valence-corrected chi connectivity index (χ0v) is 9.38. The first-order chi connectivity index (χ1) is 7.58. The molecule has 1 N–H and O–H groups in total. The standard InChI is InChI=1S/C12H12ClFO2/c13-10-4-1-7(6-11(10)14)5-9(12(15)16)8-2-3-8/h1,4,6,8-9H,2-3,5H2,(H,15,16). The van der Waals surface area contributed by atoms with Crippen molar-refractivity contribution in [1.29, 1.82) is 0 Å². The third kappa shape index (κ3) is 2.53. The highest BCUT2D eigenvalue weighted by Crippen LogP contribution is 2.38. The second-order valence-electron chi connectivity index (χ2n) is 4.23. The molecule has 1 atom stereocenters. The summed E-state index contributed by atoms with van der Waals surface area (Å²) in [4.78, 5) is 11.0. The number of halogens is 2. The van der Waals surface area contributed by atoms with Crippen LogP contribution in [0.5, 0.6) is 0 Å². The van der Waals surface area contributed by atoms with E-state index in [4.69, 9.17) is 16.7 Å². The van der Waals surface area contributed by atoms with E-state index in [0.29, 0.717) is 12.0 Å². The highest BCUT2D eigenvalue weighted by Gasteiger charge is 2.36. The van der Waals surface area contributed by atoms with E-state index < -0.39 is 11.8 Å². The molecule has 0 radical (unpaired) electrons. The first-order valence-corrected chi connectivity index (χ1v) is 5.62. The normalized spacial score (nSPS) is 17.1. The van der Waals surface area contributed by atoms with Crippen LogP contribution in [-0.2, 0) is 11.2 Å². The van der Waals surface area contributed by atoms with Gasteiger partial charge in [0.15, 0.2) is 0 Å². The van der Waals surface area contributed by atoms with E-state index in [1.54, 1.807) is 6.07 Å². The minimum atomic E-state index is -0.794. The highest BCUT2D eigenvalue weighted by molar-refractivity contribution is 6.30. The van der Waals surface area contributed by atoms with E-state index in [2.05, 4.69) is 0 Å². The molecule has 0 aliphatic heterocycles. The summed E-state index contributed by atoms with van der Waals surface area (Å²) in [5.74, 6) is -1.41. The molecule has 1 aromatic carbocycles. The van der Waals surface area contributed by atoms with E-state index >= 15 is 0 Å². The number of hydrogen-bond donors (Lipinski definition) is 1. The zero-order valence-electron chi connectivity index (χ0n) is 8.62.